The highest BCUT2D eigenvalue weighted by Crippen LogP contribution is 2.06. The highest BCUT2D eigenvalue weighted by molar-refractivity contribution is 5.85. The number of piperazine rings is 2. The van der Waals surface area contributed by atoms with Crippen LogP contribution in [-0.2, 0) is 9.59 Å². The second-order valence-corrected chi connectivity index (χ2v) is 4.88. The quantitative estimate of drug-likeness (QED) is 0.704. The van der Waals surface area contributed by atoms with E-state index in [1.165, 1.54) is 0 Å². The third-order valence-corrected chi connectivity index (χ3v) is 3.71. The molecule has 0 saturated carbocycles. The van der Waals surface area contributed by atoms with Gasteiger partial charge in [-0.3, -0.25) is 14.5 Å². The summed E-state index contributed by atoms with van der Waals surface area (Å²) >= 11 is 0. The molecular weight excluding hydrogens is 268 g/mol. The van der Waals surface area contributed by atoms with Crippen molar-refractivity contribution in [3.8, 4) is 0 Å². The first-order valence-electron chi connectivity index (χ1n) is 6.69. The summed E-state index contributed by atoms with van der Waals surface area (Å²) in [6, 6.07) is -0.116. The van der Waals surface area contributed by atoms with Gasteiger partial charge in [-0.25, -0.2) is 0 Å². The average Bonchev–Trinajstić information content (AvgIpc) is 2.41. The third kappa shape index (κ3) is 4.33. The molecule has 2 aliphatic heterocycles. The fourth-order valence-electron chi connectivity index (χ4n) is 2.45. The highest BCUT2D eigenvalue weighted by atomic mass is 35.5. The molecule has 6 nitrogen and oxygen atoms in total. The van der Waals surface area contributed by atoms with Crippen molar-refractivity contribution in [3.63, 3.8) is 0 Å². The Bertz CT molecular complexity index is 321. The van der Waals surface area contributed by atoms with Crippen molar-refractivity contribution >= 4 is 24.2 Å². The lowest BCUT2D eigenvalue weighted by molar-refractivity contribution is -0.134. The summed E-state index contributed by atoms with van der Waals surface area (Å²) in [5, 5.41) is 6.06. The molecule has 110 valence electrons. The van der Waals surface area contributed by atoms with Crippen LogP contribution >= 0.6 is 12.4 Å². The van der Waals surface area contributed by atoms with Crippen LogP contribution in [-0.4, -0.2) is 73.5 Å². The zero-order valence-corrected chi connectivity index (χ0v) is 12.2. The third-order valence-electron chi connectivity index (χ3n) is 3.71. The number of carbonyl (C=O) groups is 2. The largest absolute Gasteiger partial charge is 0.353 e. The van der Waals surface area contributed by atoms with E-state index in [-0.39, 0.29) is 30.3 Å². The number of hydrogen-bond donors (Lipinski definition) is 2. The van der Waals surface area contributed by atoms with Gasteiger partial charge >= 0.3 is 0 Å². The number of nitrogens with one attached hydrogen (secondary N) is 2. The highest BCUT2D eigenvalue weighted by Gasteiger charge is 2.26. The smallest absolute Gasteiger partial charge is 0.237 e. The molecule has 2 aliphatic rings. The van der Waals surface area contributed by atoms with Gasteiger partial charge in [0.25, 0.3) is 0 Å². The molecule has 0 aromatic carbocycles. The van der Waals surface area contributed by atoms with Crippen LogP contribution in [0.1, 0.15) is 13.3 Å². The van der Waals surface area contributed by atoms with Gasteiger partial charge in [-0.2, -0.15) is 0 Å². The molecule has 2 heterocycles. The average molecular weight is 291 g/mol. The molecule has 7 heteroatoms. The van der Waals surface area contributed by atoms with E-state index in [1.807, 2.05) is 11.8 Å². The molecule has 2 rings (SSSR count). The summed E-state index contributed by atoms with van der Waals surface area (Å²) in [5.41, 5.74) is 0. The topological polar surface area (TPSA) is 64.7 Å². The van der Waals surface area contributed by atoms with Crippen molar-refractivity contribution < 1.29 is 9.59 Å². The predicted molar refractivity (Wildman–Crippen MR) is 75.4 cm³/mol. The summed E-state index contributed by atoms with van der Waals surface area (Å²) in [6.45, 7) is 7.46. The summed E-state index contributed by atoms with van der Waals surface area (Å²) in [6.07, 6.45) is 0.512. The van der Waals surface area contributed by atoms with Crippen LogP contribution in [0.2, 0.25) is 0 Å². The maximum Gasteiger partial charge on any atom is 0.237 e. The Kier molecular flexibility index (Phi) is 6.54. The molecule has 0 radical (unpaired) electrons. The van der Waals surface area contributed by atoms with E-state index in [2.05, 4.69) is 15.5 Å². The summed E-state index contributed by atoms with van der Waals surface area (Å²) in [7, 11) is 0. The maximum atomic E-state index is 12.0. The van der Waals surface area contributed by atoms with Crippen molar-refractivity contribution in [2.24, 2.45) is 0 Å². The molecule has 2 N–H and O–H groups in total. The Morgan fingerprint density at radius 1 is 1.26 bits per heavy atom. The number of halogens is 1. The van der Waals surface area contributed by atoms with Gasteiger partial charge in [0, 0.05) is 52.2 Å². The van der Waals surface area contributed by atoms with E-state index in [9.17, 15) is 9.59 Å². The van der Waals surface area contributed by atoms with Crippen LogP contribution in [0.4, 0.5) is 0 Å². The van der Waals surface area contributed by atoms with E-state index >= 15 is 0 Å². The van der Waals surface area contributed by atoms with Gasteiger partial charge in [0.05, 0.1) is 6.04 Å². The second-order valence-electron chi connectivity index (χ2n) is 4.88. The molecular formula is C12H23ClN4O2. The molecule has 0 aliphatic carbocycles. The monoisotopic (exact) mass is 290 g/mol. The molecule has 2 saturated heterocycles. The molecule has 1 atom stereocenters. The SMILES string of the molecule is CC1C(=O)NCCN1CCC(=O)N1CCNCC1.Cl. The number of hydrogen-bond acceptors (Lipinski definition) is 4. The van der Waals surface area contributed by atoms with Crippen LogP contribution in [0.25, 0.3) is 0 Å². The molecule has 19 heavy (non-hydrogen) atoms. The van der Waals surface area contributed by atoms with Crippen LogP contribution < -0.4 is 10.6 Å². The van der Waals surface area contributed by atoms with Crippen molar-refractivity contribution in [1.29, 1.82) is 0 Å². The van der Waals surface area contributed by atoms with Crippen LogP contribution in [0.5, 0.6) is 0 Å². The first kappa shape index (κ1) is 16.2. The lowest BCUT2D eigenvalue weighted by atomic mass is 10.2. The predicted octanol–water partition coefficient (Wildman–Crippen LogP) is -0.950. The van der Waals surface area contributed by atoms with E-state index in [0.29, 0.717) is 19.5 Å². The van der Waals surface area contributed by atoms with Gasteiger partial charge in [-0.15, -0.1) is 12.4 Å². The standard InChI is InChI=1S/C12H22N4O2.ClH/c1-10-12(18)14-5-9-15(10)6-2-11(17)16-7-3-13-4-8-16;/h10,13H,2-9H2,1H3,(H,14,18);1H. The first-order chi connectivity index (χ1) is 8.68. The van der Waals surface area contributed by atoms with E-state index < -0.39 is 0 Å². The Morgan fingerprint density at radius 2 is 1.95 bits per heavy atom. The van der Waals surface area contributed by atoms with Gasteiger partial charge in [-0.1, -0.05) is 0 Å². The minimum Gasteiger partial charge on any atom is -0.353 e. The van der Waals surface area contributed by atoms with Gasteiger partial charge in [0.15, 0.2) is 0 Å². The molecule has 0 bridgehead atoms. The maximum absolute atomic E-state index is 12.0. The number of rotatable bonds is 3. The number of carbonyl (C=O) groups excluding carboxylic acids is 2. The van der Waals surface area contributed by atoms with Crippen molar-refractivity contribution in [3.05, 3.63) is 0 Å². The first-order valence-corrected chi connectivity index (χ1v) is 6.69. The van der Waals surface area contributed by atoms with Crippen LogP contribution in [0.15, 0.2) is 0 Å². The zero-order chi connectivity index (χ0) is 13.0. The van der Waals surface area contributed by atoms with Gasteiger partial charge < -0.3 is 15.5 Å². The Balaban J connectivity index is 0.00000180. The Morgan fingerprint density at radius 3 is 2.63 bits per heavy atom. The van der Waals surface area contributed by atoms with E-state index in [1.54, 1.807) is 0 Å². The lowest BCUT2D eigenvalue weighted by Crippen LogP contribution is -2.54. The molecule has 0 aromatic heterocycles. The molecule has 1 unspecified atom stereocenters. The molecule has 2 amide bonds. The summed E-state index contributed by atoms with van der Waals surface area (Å²) in [4.78, 5) is 27.5. The fourth-order valence-corrected chi connectivity index (χ4v) is 2.45. The van der Waals surface area contributed by atoms with Crippen molar-refractivity contribution in [1.82, 2.24) is 20.4 Å². The van der Waals surface area contributed by atoms with Gasteiger partial charge in [-0.05, 0) is 6.92 Å². The second kappa shape index (κ2) is 7.67. The van der Waals surface area contributed by atoms with Crippen molar-refractivity contribution in [2.75, 3.05) is 45.8 Å². The normalized spacial score (nSPS) is 24.6. The number of nitrogens with zero attached hydrogens (tertiary/aromatic N) is 2. The Hall–Kier alpha value is -0.850. The summed E-state index contributed by atoms with van der Waals surface area (Å²) in [5.74, 6) is 0.269. The minimum absolute atomic E-state index is 0. The Labute approximate surface area is 120 Å². The minimum atomic E-state index is -0.116. The molecule has 0 spiro atoms. The van der Waals surface area contributed by atoms with Crippen LogP contribution in [0.3, 0.4) is 0 Å². The van der Waals surface area contributed by atoms with Gasteiger partial charge in [0.2, 0.25) is 11.8 Å². The zero-order valence-electron chi connectivity index (χ0n) is 11.4. The van der Waals surface area contributed by atoms with E-state index in [4.69, 9.17) is 0 Å². The van der Waals surface area contributed by atoms with Crippen LogP contribution in [0, 0.1) is 0 Å². The molecule has 0 aromatic rings. The lowest BCUT2D eigenvalue weighted by Gasteiger charge is -2.33. The number of amides is 2. The van der Waals surface area contributed by atoms with Crippen molar-refractivity contribution in [2.45, 2.75) is 19.4 Å². The fraction of sp³-hybridized carbons (Fsp3) is 0.833. The van der Waals surface area contributed by atoms with Gasteiger partial charge in [0.1, 0.15) is 0 Å². The van der Waals surface area contributed by atoms with E-state index in [0.717, 1.165) is 32.7 Å². The molecule has 2 fully saturated rings. The summed E-state index contributed by atoms with van der Waals surface area (Å²) < 4.78 is 0.